The lowest BCUT2D eigenvalue weighted by Gasteiger charge is -2.27. The van der Waals surface area contributed by atoms with Gasteiger partial charge in [-0.25, -0.2) is 24.5 Å². The summed E-state index contributed by atoms with van der Waals surface area (Å²) in [7, 11) is 0. The molecule has 3 aliphatic rings. The van der Waals surface area contributed by atoms with Crippen LogP contribution in [0.25, 0.3) is 21.9 Å². The number of carboxylic acids is 1. The summed E-state index contributed by atoms with van der Waals surface area (Å²) in [6.07, 6.45) is -0.783. The molecule has 3 amide bonds. The SMILES string of the molecule is O=C(NCc1ccccc1)Nc1ncnc2c1ncn2C1OC(C(=O)N2CCCC2C(=O)O)C2OC(c3ccc4ccccc4c3)OC21. The minimum atomic E-state index is -1.15. The number of ether oxygens (including phenoxy) is 3. The van der Waals surface area contributed by atoms with E-state index in [1.54, 1.807) is 4.57 Å². The van der Waals surface area contributed by atoms with E-state index >= 15 is 0 Å². The van der Waals surface area contributed by atoms with Crippen molar-refractivity contribution in [1.82, 2.24) is 29.7 Å². The van der Waals surface area contributed by atoms with Crippen LogP contribution in [-0.4, -0.2) is 78.3 Å². The van der Waals surface area contributed by atoms with E-state index in [-0.39, 0.29) is 5.82 Å². The Morgan fingerprint density at radius 2 is 1.69 bits per heavy atom. The number of rotatable bonds is 7. The Balaban J connectivity index is 1.09. The van der Waals surface area contributed by atoms with E-state index in [9.17, 15) is 19.5 Å². The number of carbonyl (C=O) groups excluding carboxylic acids is 2. The quantitative estimate of drug-likeness (QED) is 0.236. The van der Waals surface area contributed by atoms with Gasteiger partial charge in [-0.15, -0.1) is 0 Å². The van der Waals surface area contributed by atoms with Gasteiger partial charge in [-0.05, 0) is 35.2 Å². The number of aromatic nitrogens is 4. The van der Waals surface area contributed by atoms with Gasteiger partial charge < -0.3 is 29.5 Å². The molecule has 3 aromatic carbocycles. The Labute approximate surface area is 273 Å². The summed E-state index contributed by atoms with van der Waals surface area (Å²) in [5.74, 6) is -1.35. The molecule has 14 heteroatoms. The van der Waals surface area contributed by atoms with Crippen LogP contribution in [0.3, 0.4) is 0 Å². The molecule has 244 valence electrons. The lowest BCUT2D eigenvalue weighted by molar-refractivity contribution is -0.171. The Morgan fingerprint density at radius 3 is 2.52 bits per heavy atom. The highest BCUT2D eigenvalue weighted by molar-refractivity contribution is 5.96. The van der Waals surface area contributed by atoms with Crippen molar-refractivity contribution in [3.63, 3.8) is 0 Å². The molecule has 3 saturated heterocycles. The maximum atomic E-state index is 13.9. The zero-order valence-corrected chi connectivity index (χ0v) is 25.5. The van der Waals surface area contributed by atoms with E-state index in [1.807, 2.05) is 72.8 Å². The van der Waals surface area contributed by atoms with Crippen molar-refractivity contribution in [3.05, 3.63) is 96.6 Å². The van der Waals surface area contributed by atoms with Crippen molar-refractivity contribution in [2.24, 2.45) is 0 Å². The van der Waals surface area contributed by atoms with Gasteiger partial charge in [0.25, 0.3) is 5.91 Å². The number of nitrogens with one attached hydrogen (secondary N) is 2. The zero-order valence-electron chi connectivity index (χ0n) is 25.5. The predicted molar refractivity (Wildman–Crippen MR) is 170 cm³/mol. The van der Waals surface area contributed by atoms with Gasteiger partial charge in [0.1, 0.15) is 24.6 Å². The molecule has 0 radical (unpaired) electrons. The van der Waals surface area contributed by atoms with Crippen molar-refractivity contribution < 1.29 is 33.7 Å². The number of aliphatic carboxylic acids is 1. The number of imidazole rings is 1. The monoisotopic (exact) mass is 649 g/mol. The zero-order chi connectivity index (χ0) is 32.8. The second-order valence-electron chi connectivity index (χ2n) is 12.0. The van der Waals surface area contributed by atoms with Crippen molar-refractivity contribution in [3.8, 4) is 0 Å². The van der Waals surface area contributed by atoms with E-state index in [4.69, 9.17) is 14.2 Å². The molecule has 8 rings (SSSR count). The van der Waals surface area contributed by atoms with E-state index in [2.05, 4.69) is 25.6 Å². The lowest BCUT2D eigenvalue weighted by Crippen LogP contribution is -2.49. The fourth-order valence-corrected chi connectivity index (χ4v) is 6.69. The first kappa shape index (κ1) is 29.9. The summed E-state index contributed by atoms with van der Waals surface area (Å²) >= 11 is 0. The van der Waals surface area contributed by atoms with Gasteiger partial charge in [0.15, 0.2) is 35.6 Å². The van der Waals surface area contributed by atoms with Crippen LogP contribution in [0, 0.1) is 0 Å². The second kappa shape index (κ2) is 12.3. The number of benzene rings is 3. The summed E-state index contributed by atoms with van der Waals surface area (Å²) < 4.78 is 20.9. The largest absolute Gasteiger partial charge is 0.480 e. The molecule has 5 aromatic rings. The van der Waals surface area contributed by atoms with E-state index < -0.39 is 54.8 Å². The Kier molecular flexibility index (Phi) is 7.67. The predicted octanol–water partition coefficient (Wildman–Crippen LogP) is 3.76. The Bertz CT molecular complexity index is 2020. The van der Waals surface area contributed by atoms with Gasteiger partial charge in [0.2, 0.25) is 0 Å². The number of anilines is 1. The maximum Gasteiger partial charge on any atom is 0.326 e. The number of amides is 3. The van der Waals surface area contributed by atoms with E-state index in [0.717, 1.165) is 21.9 Å². The highest BCUT2D eigenvalue weighted by Crippen LogP contribution is 2.46. The highest BCUT2D eigenvalue weighted by atomic mass is 16.8. The normalized spacial score (nSPS) is 25.0. The molecule has 3 fully saturated rings. The molecule has 3 aliphatic heterocycles. The Morgan fingerprint density at radius 1 is 0.896 bits per heavy atom. The third kappa shape index (κ3) is 5.39. The number of urea groups is 1. The number of hydrogen-bond donors (Lipinski definition) is 3. The second-order valence-corrected chi connectivity index (χ2v) is 12.0. The lowest BCUT2D eigenvalue weighted by atomic mass is 10.1. The minimum absolute atomic E-state index is 0.186. The molecule has 0 aliphatic carbocycles. The number of carboxylic acid groups (broad SMARTS) is 1. The average molecular weight is 650 g/mol. The molecular weight excluding hydrogens is 618 g/mol. The molecule has 0 saturated carbocycles. The third-order valence-corrected chi connectivity index (χ3v) is 9.02. The number of carbonyl (C=O) groups is 3. The van der Waals surface area contributed by atoms with Gasteiger partial charge in [-0.3, -0.25) is 14.7 Å². The van der Waals surface area contributed by atoms with Crippen LogP contribution in [0.5, 0.6) is 0 Å². The third-order valence-electron chi connectivity index (χ3n) is 9.02. The number of hydrogen-bond acceptors (Lipinski definition) is 9. The van der Waals surface area contributed by atoms with Crippen LogP contribution in [0.15, 0.2) is 85.5 Å². The standard InChI is InChI=1S/C34H31N7O7/c42-30(40-14-6-11-23(40)32(43)44)26-25-27(48-33(47-25)22-13-12-20-9-4-5-10-21(20)15-22)31(46-26)41-18-38-24-28(36-17-37-29(24)41)39-34(45)35-16-19-7-2-1-3-8-19/h1-5,7-10,12-13,15,17-18,23,25-27,31,33H,6,11,14,16H2,(H,43,44)(H2,35,36,37,39,45). The van der Waals surface area contributed by atoms with Gasteiger partial charge >= 0.3 is 12.0 Å². The maximum absolute atomic E-state index is 13.9. The van der Waals surface area contributed by atoms with Gasteiger partial charge in [-0.2, -0.15) is 0 Å². The summed E-state index contributed by atoms with van der Waals surface area (Å²) in [5, 5.41) is 17.4. The van der Waals surface area contributed by atoms with Crippen LogP contribution in [0.4, 0.5) is 10.6 Å². The van der Waals surface area contributed by atoms with Gasteiger partial charge in [-0.1, -0.05) is 66.7 Å². The first-order chi connectivity index (χ1) is 23.4. The molecule has 14 nitrogen and oxygen atoms in total. The Hall–Kier alpha value is -5.44. The fraction of sp³-hybridized carbons (Fsp3) is 0.294. The smallest absolute Gasteiger partial charge is 0.326 e. The number of fused-ring (bicyclic) bond motifs is 3. The minimum Gasteiger partial charge on any atom is -0.480 e. The molecule has 0 spiro atoms. The first-order valence-corrected chi connectivity index (χ1v) is 15.7. The summed E-state index contributed by atoms with van der Waals surface area (Å²) in [5.41, 5.74) is 2.34. The van der Waals surface area contributed by atoms with Gasteiger partial charge in [0, 0.05) is 18.7 Å². The van der Waals surface area contributed by atoms with Crippen molar-refractivity contribution >= 4 is 45.7 Å². The number of likely N-dealkylation sites (tertiary alicyclic amines) is 1. The molecule has 3 N–H and O–H groups in total. The van der Waals surface area contributed by atoms with Crippen molar-refractivity contribution in [2.75, 3.05) is 11.9 Å². The average Bonchev–Trinajstić information content (AvgIpc) is 3.91. The highest BCUT2D eigenvalue weighted by Gasteiger charge is 2.58. The first-order valence-electron chi connectivity index (χ1n) is 15.7. The van der Waals surface area contributed by atoms with Crippen LogP contribution < -0.4 is 10.6 Å². The summed E-state index contributed by atoms with van der Waals surface area (Å²) in [6.45, 7) is 0.620. The topological polar surface area (TPSA) is 170 Å². The molecule has 48 heavy (non-hydrogen) atoms. The van der Waals surface area contributed by atoms with Crippen LogP contribution >= 0.6 is 0 Å². The van der Waals surface area contributed by atoms with Gasteiger partial charge in [0.05, 0.1) is 6.33 Å². The molecule has 0 bridgehead atoms. The van der Waals surface area contributed by atoms with Crippen molar-refractivity contribution in [2.45, 2.75) is 56.3 Å². The summed E-state index contributed by atoms with van der Waals surface area (Å²) in [4.78, 5) is 53.2. The van der Waals surface area contributed by atoms with Crippen LogP contribution in [0.1, 0.15) is 36.5 Å². The number of nitrogens with zero attached hydrogens (tertiary/aromatic N) is 5. The molecule has 2 aromatic heterocycles. The molecular formula is C34H31N7O7. The van der Waals surface area contributed by atoms with E-state index in [0.29, 0.717) is 37.1 Å². The molecule has 5 heterocycles. The summed E-state index contributed by atoms with van der Waals surface area (Å²) in [6, 6.07) is 21.9. The van der Waals surface area contributed by atoms with Crippen LogP contribution in [-0.2, 0) is 30.3 Å². The molecule has 6 unspecified atom stereocenters. The van der Waals surface area contributed by atoms with Crippen LogP contribution in [0.2, 0.25) is 0 Å². The van der Waals surface area contributed by atoms with Crippen molar-refractivity contribution in [1.29, 1.82) is 0 Å². The molecule has 6 atom stereocenters. The fourth-order valence-electron chi connectivity index (χ4n) is 6.69. The van der Waals surface area contributed by atoms with E-state index in [1.165, 1.54) is 17.6 Å².